The molecule has 5 nitrogen and oxygen atoms in total. The molecule has 1 atom stereocenters. The third-order valence-corrected chi connectivity index (χ3v) is 4.39. The van der Waals surface area contributed by atoms with Gasteiger partial charge in [-0.25, -0.2) is 4.79 Å². The van der Waals surface area contributed by atoms with Crippen molar-refractivity contribution >= 4 is 11.7 Å². The molecule has 1 aliphatic rings. The van der Waals surface area contributed by atoms with Gasteiger partial charge in [0, 0.05) is 18.3 Å². The standard InChI is InChI=1S/C18H23N3O2/c1-3-13-7-9-15(10-8-13)19-18(22)21-11-5-6-16(21)17-12-14(4-2)20-23-17/h7-10,12,16H,3-6,11H2,1-2H3,(H,19,22). The van der Waals surface area contributed by atoms with E-state index in [-0.39, 0.29) is 12.1 Å². The van der Waals surface area contributed by atoms with E-state index in [1.807, 2.05) is 42.2 Å². The third kappa shape index (κ3) is 3.38. The fourth-order valence-corrected chi connectivity index (χ4v) is 2.98. The maximum Gasteiger partial charge on any atom is 0.322 e. The van der Waals surface area contributed by atoms with Crippen LogP contribution in [-0.2, 0) is 12.8 Å². The number of anilines is 1. The lowest BCUT2D eigenvalue weighted by Gasteiger charge is -2.23. The SMILES string of the molecule is CCc1ccc(NC(=O)N2CCCC2c2cc(CC)no2)cc1. The maximum atomic E-state index is 12.6. The lowest BCUT2D eigenvalue weighted by molar-refractivity contribution is 0.195. The van der Waals surface area contributed by atoms with Crippen LogP contribution in [0.25, 0.3) is 0 Å². The Morgan fingerprint density at radius 3 is 2.74 bits per heavy atom. The van der Waals surface area contributed by atoms with Gasteiger partial charge in [-0.3, -0.25) is 0 Å². The van der Waals surface area contributed by atoms with Crippen molar-refractivity contribution in [2.75, 3.05) is 11.9 Å². The van der Waals surface area contributed by atoms with Gasteiger partial charge in [0.2, 0.25) is 0 Å². The number of aromatic nitrogens is 1. The average molecular weight is 313 g/mol. The number of aryl methyl sites for hydroxylation is 2. The summed E-state index contributed by atoms with van der Waals surface area (Å²) in [7, 11) is 0. The monoisotopic (exact) mass is 313 g/mol. The minimum atomic E-state index is -0.0776. The summed E-state index contributed by atoms with van der Waals surface area (Å²) >= 11 is 0. The van der Waals surface area contributed by atoms with Crippen molar-refractivity contribution < 1.29 is 9.32 Å². The van der Waals surface area contributed by atoms with Crippen LogP contribution < -0.4 is 5.32 Å². The molecule has 1 aromatic heterocycles. The minimum absolute atomic E-state index is 0.0160. The number of rotatable bonds is 4. The summed E-state index contributed by atoms with van der Waals surface area (Å²) in [6, 6.07) is 9.86. The summed E-state index contributed by atoms with van der Waals surface area (Å²) in [6.45, 7) is 4.90. The molecule has 2 amide bonds. The molecule has 0 saturated carbocycles. The second kappa shape index (κ2) is 6.86. The van der Waals surface area contributed by atoms with Gasteiger partial charge in [0.05, 0.1) is 11.7 Å². The van der Waals surface area contributed by atoms with Gasteiger partial charge in [0.15, 0.2) is 5.76 Å². The van der Waals surface area contributed by atoms with Crippen LogP contribution in [0.15, 0.2) is 34.9 Å². The lowest BCUT2D eigenvalue weighted by Crippen LogP contribution is -2.34. The molecule has 1 aromatic carbocycles. The molecule has 1 unspecified atom stereocenters. The Morgan fingerprint density at radius 1 is 1.30 bits per heavy atom. The lowest BCUT2D eigenvalue weighted by atomic mass is 10.1. The van der Waals surface area contributed by atoms with Gasteiger partial charge in [0.25, 0.3) is 0 Å². The van der Waals surface area contributed by atoms with Crippen molar-refractivity contribution in [3.63, 3.8) is 0 Å². The van der Waals surface area contributed by atoms with Crippen LogP contribution in [0.5, 0.6) is 0 Å². The van der Waals surface area contributed by atoms with Crippen LogP contribution in [0.4, 0.5) is 10.5 Å². The number of hydrogen-bond donors (Lipinski definition) is 1. The molecule has 0 bridgehead atoms. The Kier molecular flexibility index (Phi) is 4.65. The zero-order valence-electron chi connectivity index (χ0n) is 13.7. The molecule has 23 heavy (non-hydrogen) atoms. The summed E-state index contributed by atoms with van der Waals surface area (Å²) in [5.41, 5.74) is 3.02. The number of carbonyl (C=O) groups is 1. The first-order valence-electron chi connectivity index (χ1n) is 8.33. The minimum Gasteiger partial charge on any atom is -0.359 e. The normalized spacial score (nSPS) is 17.5. The highest BCUT2D eigenvalue weighted by Crippen LogP contribution is 2.32. The summed E-state index contributed by atoms with van der Waals surface area (Å²) in [5.74, 6) is 0.788. The number of hydrogen-bond acceptors (Lipinski definition) is 3. The number of carbonyl (C=O) groups excluding carboxylic acids is 1. The average Bonchev–Trinajstić information content (AvgIpc) is 3.24. The van der Waals surface area contributed by atoms with E-state index in [9.17, 15) is 4.79 Å². The van der Waals surface area contributed by atoms with Gasteiger partial charge in [-0.2, -0.15) is 0 Å². The second-order valence-electron chi connectivity index (χ2n) is 5.91. The van der Waals surface area contributed by atoms with Crippen molar-refractivity contribution in [1.29, 1.82) is 0 Å². The van der Waals surface area contributed by atoms with Gasteiger partial charge < -0.3 is 14.7 Å². The first kappa shape index (κ1) is 15.6. The first-order chi connectivity index (χ1) is 11.2. The van der Waals surface area contributed by atoms with Crippen molar-refractivity contribution in [2.45, 2.75) is 45.6 Å². The van der Waals surface area contributed by atoms with Gasteiger partial charge in [-0.05, 0) is 43.4 Å². The van der Waals surface area contributed by atoms with E-state index in [0.29, 0.717) is 0 Å². The Bertz CT molecular complexity index is 663. The molecular weight excluding hydrogens is 290 g/mol. The van der Waals surface area contributed by atoms with Crippen LogP contribution in [-0.4, -0.2) is 22.6 Å². The molecule has 0 radical (unpaired) electrons. The molecule has 2 heterocycles. The predicted molar refractivity (Wildman–Crippen MR) is 89.4 cm³/mol. The summed E-state index contributed by atoms with van der Waals surface area (Å²) < 4.78 is 5.43. The fraction of sp³-hybridized carbons (Fsp3) is 0.444. The third-order valence-electron chi connectivity index (χ3n) is 4.39. The van der Waals surface area contributed by atoms with Crippen molar-refractivity contribution in [3.05, 3.63) is 47.3 Å². The van der Waals surface area contributed by atoms with E-state index in [2.05, 4.69) is 17.4 Å². The highest BCUT2D eigenvalue weighted by Gasteiger charge is 2.32. The van der Waals surface area contributed by atoms with Crippen molar-refractivity contribution in [2.24, 2.45) is 0 Å². The van der Waals surface area contributed by atoms with E-state index < -0.39 is 0 Å². The number of nitrogens with zero attached hydrogens (tertiary/aromatic N) is 2. The fourth-order valence-electron chi connectivity index (χ4n) is 2.98. The van der Waals surface area contributed by atoms with E-state index >= 15 is 0 Å². The Morgan fingerprint density at radius 2 is 2.09 bits per heavy atom. The number of nitrogens with one attached hydrogen (secondary N) is 1. The van der Waals surface area contributed by atoms with Gasteiger partial charge in [-0.15, -0.1) is 0 Å². The highest BCUT2D eigenvalue weighted by atomic mass is 16.5. The van der Waals surface area contributed by atoms with Gasteiger partial charge in [0.1, 0.15) is 0 Å². The Labute approximate surface area is 136 Å². The number of amides is 2. The molecule has 3 rings (SSSR count). The summed E-state index contributed by atoms with van der Waals surface area (Å²) in [6.07, 6.45) is 3.73. The van der Waals surface area contributed by atoms with Gasteiger partial charge >= 0.3 is 6.03 Å². The molecule has 122 valence electrons. The molecular formula is C18H23N3O2. The zero-order chi connectivity index (χ0) is 16.2. The molecule has 2 aromatic rings. The predicted octanol–water partition coefficient (Wildman–Crippen LogP) is 4.17. The quantitative estimate of drug-likeness (QED) is 0.921. The number of benzene rings is 1. The van der Waals surface area contributed by atoms with E-state index in [1.165, 1.54) is 5.56 Å². The van der Waals surface area contributed by atoms with Crippen LogP contribution in [0.2, 0.25) is 0 Å². The molecule has 1 saturated heterocycles. The van der Waals surface area contributed by atoms with Crippen molar-refractivity contribution in [3.8, 4) is 0 Å². The van der Waals surface area contributed by atoms with Crippen LogP contribution >= 0.6 is 0 Å². The highest BCUT2D eigenvalue weighted by molar-refractivity contribution is 5.89. The second-order valence-corrected chi connectivity index (χ2v) is 5.91. The Balaban J connectivity index is 1.69. The van der Waals surface area contributed by atoms with Crippen LogP contribution in [0, 0.1) is 0 Å². The molecule has 1 aliphatic heterocycles. The first-order valence-corrected chi connectivity index (χ1v) is 8.33. The smallest absolute Gasteiger partial charge is 0.322 e. The Hall–Kier alpha value is -2.30. The maximum absolute atomic E-state index is 12.6. The van der Waals surface area contributed by atoms with E-state index in [4.69, 9.17) is 4.52 Å². The number of urea groups is 1. The summed E-state index contributed by atoms with van der Waals surface area (Å²) in [5, 5.41) is 7.02. The van der Waals surface area contributed by atoms with Crippen LogP contribution in [0.3, 0.4) is 0 Å². The van der Waals surface area contributed by atoms with E-state index in [0.717, 1.165) is 49.4 Å². The number of likely N-dealkylation sites (tertiary alicyclic amines) is 1. The molecule has 1 fully saturated rings. The molecule has 0 spiro atoms. The van der Waals surface area contributed by atoms with Gasteiger partial charge in [-0.1, -0.05) is 31.1 Å². The largest absolute Gasteiger partial charge is 0.359 e. The van der Waals surface area contributed by atoms with Crippen molar-refractivity contribution in [1.82, 2.24) is 10.1 Å². The molecule has 1 N–H and O–H groups in total. The zero-order valence-corrected chi connectivity index (χ0v) is 13.7. The van der Waals surface area contributed by atoms with E-state index in [1.54, 1.807) is 0 Å². The topological polar surface area (TPSA) is 58.4 Å². The molecule has 5 heteroatoms. The molecule has 0 aliphatic carbocycles. The summed E-state index contributed by atoms with van der Waals surface area (Å²) in [4.78, 5) is 14.4. The van der Waals surface area contributed by atoms with Crippen LogP contribution in [0.1, 0.15) is 49.7 Å².